The van der Waals surface area contributed by atoms with Crippen molar-refractivity contribution >= 4 is 33.3 Å². The Hall–Kier alpha value is -1.00. The fourth-order valence-electron chi connectivity index (χ4n) is 1.30. The highest BCUT2D eigenvalue weighted by atomic mass is 79.9. The summed E-state index contributed by atoms with van der Waals surface area (Å²) in [7, 11) is 0. The summed E-state index contributed by atoms with van der Waals surface area (Å²) in [6.45, 7) is 0.738. The average Bonchev–Trinajstić information content (AvgIpc) is 2.74. The van der Waals surface area contributed by atoms with Gasteiger partial charge in [-0.15, -0.1) is 0 Å². The molecular weight excluding hydrogens is 291 g/mol. The molecule has 16 heavy (non-hydrogen) atoms. The summed E-state index contributed by atoms with van der Waals surface area (Å²) in [6, 6.07) is 5.63. The molecule has 0 aromatic carbocycles. The van der Waals surface area contributed by atoms with Crippen LogP contribution in [0.5, 0.6) is 0 Å². The van der Waals surface area contributed by atoms with Gasteiger partial charge in [0.05, 0.1) is 11.3 Å². The van der Waals surface area contributed by atoms with Crippen molar-refractivity contribution in [3.63, 3.8) is 0 Å². The van der Waals surface area contributed by atoms with Crippen LogP contribution < -0.4 is 5.32 Å². The molecule has 0 aliphatic heterocycles. The quantitative estimate of drug-likeness (QED) is 0.934. The second kappa shape index (κ2) is 5.37. The molecule has 3 nitrogen and oxygen atoms in total. The van der Waals surface area contributed by atoms with Crippen molar-refractivity contribution in [1.82, 2.24) is 4.98 Å². The van der Waals surface area contributed by atoms with Gasteiger partial charge in [0.1, 0.15) is 11.6 Å². The lowest BCUT2D eigenvalue weighted by Gasteiger charge is -2.06. The van der Waals surface area contributed by atoms with Gasteiger partial charge in [0.25, 0.3) is 0 Å². The van der Waals surface area contributed by atoms with Gasteiger partial charge in [-0.2, -0.15) is 0 Å². The summed E-state index contributed by atoms with van der Waals surface area (Å²) in [4.78, 5) is 4.18. The molecule has 0 atom stereocenters. The van der Waals surface area contributed by atoms with E-state index in [1.807, 2.05) is 18.2 Å². The maximum absolute atomic E-state index is 6.01. The summed E-state index contributed by atoms with van der Waals surface area (Å²) in [5.41, 5.74) is 0. The zero-order valence-corrected chi connectivity index (χ0v) is 10.8. The molecule has 0 fully saturated rings. The van der Waals surface area contributed by atoms with Gasteiger partial charge in [0, 0.05) is 23.6 Å². The van der Waals surface area contributed by atoms with Gasteiger partial charge in [-0.05, 0) is 34.1 Å². The predicted octanol–water partition coefficient (Wildman–Crippen LogP) is 3.75. The SMILES string of the molecule is Clc1cc(Br)cnc1NCCc1ccco1. The first-order valence-corrected chi connectivity index (χ1v) is 6.00. The number of anilines is 1. The second-order valence-electron chi connectivity index (χ2n) is 3.24. The number of rotatable bonds is 4. The zero-order chi connectivity index (χ0) is 11.4. The molecular formula is C11H10BrClN2O. The number of nitrogens with one attached hydrogen (secondary N) is 1. The van der Waals surface area contributed by atoms with Crippen molar-refractivity contribution in [2.75, 3.05) is 11.9 Å². The van der Waals surface area contributed by atoms with Crippen LogP contribution in [0.25, 0.3) is 0 Å². The first kappa shape index (κ1) is 11.5. The zero-order valence-electron chi connectivity index (χ0n) is 8.41. The standard InChI is InChI=1S/C11H10BrClN2O/c12-8-6-10(13)11(15-7-8)14-4-3-9-2-1-5-16-9/h1-2,5-7H,3-4H2,(H,14,15). The third-order valence-corrected chi connectivity index (χ3v) is 2.77. The Morgan fingerprint density at radius 1 is 1.50 bits per heavy atom. The molecule has 0 bridgehead atoms. The summed E-state index contributed by atoms with van der Waals surface area (Å²) in [5, 5.41) is 3.76. The van der Waals surface area contributed by atoms with Gasteiger partial charge in [0.2, 0.25) is 0 Å². The first-order chi connectivity index (χ1) is 7.75. The Bertz CT molecular complexity index is 459. The molecule has 0 unspecified atom stereocenters. The lowest BCUT2D eigenvalue weighted by Crippen LogP contribution is -2.06. The van der Waals surface area contributed by atoms with E-state index in [4.69, 9.17) is 16.0 Å². The van der Waals surface area contributed by atoms with Crippen molar-refractivity contribution in [3.05, 3.63) is 45.9 Å². The number of nitrogens with zero attached hydrogens (tertiary/aromatic N) is 1. The number of hydrogen-bond donors (Lipinski definition) is 1. The molecule has 0 aliphatic rings. The number of furan rings is 1. The number of aromatic nitrogens is 1. The molecule has 2 aromatic rings. The third kappa shape index (κ3) is 3.00. The molecule has 1 N–H and O–H groups in total. The topological polar surface area (TPSA) is 38.1 Å². The van der Waals surface area contributed by atoms with Crippen LogP contribution in [0.4, 0.5) is 5.82 Å². The van der Waals surface area contributed by atoms with Crippen molar-refractivity contribution in [2.45, 2.75) is 6.42 Å². The maximum atomic E-state index is 6.01. The minimum atomic E-state index is 0.605. The third-order valence-electron chi connectivity index (χ3n) is 2.05. The van der Waals surface area contributed by atoms with Crippen molar-refractivity contribution in [2.24, 2.45) is 0 Å². The largest absolute Gasteiger partial charge is 0.469 e. The van der Waals surface area contributed by atoms with Crippen molar-refractivity contribution in [3.8, 4) is 0 Å². The van der Waals surface area contributed by atoms with Gasteiger partial charge in [0.15, 0.2) is 0 Å². The monoisotopic (exact) mass is 300 g/mol. The fourth-order valence-corrected chi connectivity index (χ4v) is 2.00. The van der Waals surface area contributed by atoms with Gasteiger partial charge in [-0.1, -0.05) is 11.6 Å². The Morgan fingerprint density at radius 3 is 3.06 bits per heavy atom. The van der Waals surface area contributed by atoms with Crippen LogP contribution in [0.3, 0.4) is 0 Å². The van der Waals surface area contributed by atoms with Crippen LogP contribution in [-0.2, 0) is 6.42 Å². The second-order valence-corrected chi connectivity index (χ2v) is 4.56. The Labute approximate surface area is 107 Å². The van der Waals surface area contributed by atoms with E-state index in [0.29, 0.717) is 10.8 Å². The van der Waals surface area contributed by atoms with E-state index in [1.165, 1.54) is 0 Å². The maximum Gasteiger partial charge on any atom is 0.144 e. The van der Waals surface area contributed by atoms with Crippen LogP contribution in [0.2, 0.25) is 5.02 Å². The smallest absolute Gasteiger partial charge is 0.144 e. The van der Waals surface area contributed by atoms with E-state index in [0.717, 1.165) is 23.2 Å². The summed E-state index contributed by atoms with van der Waals surface area (Å²) < 4.78 is 6.09. The van der Waals surface area contributed by atoms with Crippen LogP contribution in [0.1, 0.15) is 5.76 Å². The van der Waals surface area contributed by atoms with Gasteiger partial charge >= 0.3 is 0 Å². The van der Waals surface area contributed by atoms with E-state index in [2.05, 4.69) is 26.2 Å². The Kier molecular flexibility index (Phi) is 3.85. The first-order valence-electron chi connectivity index (χ1n) is 4.83. The minimum Gasteiger partial charge on any atom is -0.469 e. The molecule has 0 saturated carbocycles. The number of pyridine rings is 1. The number of halogens is 2. The van der Waals surface area contributed by atoms with Gasteiger partial charge in [-0.25, -0.2) is 4.98 Å². The van der Waals surface area contributed by atoms with Crippen LogP contribution in [0.15, 0.2) is 39.5 Å². The van der Waals surface area contributed by atoms with E-state index in [1.54, 1.807) is 12.5 Å². The summed E-state index contributed by atoms with van der Waals surface area (Å²) in [6.07, 6.45) is 4.18. The van der Waals surface area contributed by atoms with Gasteiger partial charge < -0.3 is 9.73 Å². The highest BCUT2D eigenvalue weighted by molar-refractivity contribution is 9.10. The fraction of sp³-hybridized carbons (Fsp3) is 0.182. The highest BCUT2D eigenvalue weighted by Gasteiger charge is 2.02. The molecule has 0 amide bonds. The molecule has 2 aromatic heterocycles. The Balaban J connectivity index is 1.90. The van der Waals surface area contributed by atoms with E-state index < -0.39 is 0 Å². The molecule has 0 aliphatic carbocycles. The lowest BCUT2D eigenvalue weighted by molar-refractivity contribution is 0.513. The lowest BCUT2D eigenvalue weighted by atomic mass is 10.3. The van der Waals surface area contributed by atoms with Crippen LogP contribution >= 0.6 is 27.5 Å². The molecule has 2 rings (SSSR count). The summed E-state index contributed by atoms with van der Waals surface area (Å²) >= 11 is 9.32. The van der Waals surface area contributed by atoms with E-state index in [-0.39, 0.29) is 0 Å². The van der Waals surface area contributed by atoms with Gasteiger partial charge in [-0.3, -0.25) is 0 Å². The molecule has 0 radical (unpaired) electrons. The molecule has 0 spiro atoms. The average molecular weight is 302 g/mol. The predicted molar refractivity (Wildman–Crippen MR) is 67.8 cm³/mol. The molecule has 84 valence electrons. The molecule has 0 saturated heterocycles. The van der Waals surface area contributed by atoms with E-state index in [9.17, 15) is 0 Å². The van der Waals surface area contributed by atoms with Crippen molar-refractivity contribution in [1.29, 1.82) is 0 Å². The minimum absolute atomic E-state index is 0.605. The van der Waals surface area contributed by atoms with Crippen LogP contribution in [0, 0.1) is 0 Å². The summed E-state index contributed by atoms with van der Waals surface area (Å²) in [5.74, 6) is 1.64. The van der Waals surface area contributed by atoms with Crippen molar-refractivity contribution < 1.29 is 4.42 Å². The normalized spacial score (nSPS) is 10.4. The van der Waals surface area contributed by atoms with E-state index >= 15 is 0 Å². The Morgan fingerprint density at radius 2 is 2.38 bits per heavy atom. The number of hydrogen-bond acceptors (Lipinski definition) is 3. The molecule has 5 heteroatoms. The van der Waals surface area contributed by atoms with Crippen LogP contribution in [-0.4, -0.2) is 11.5 Å². The highest BCUT2D eigenvalue weighted by Crippen LogP contribution is 2.22. The molecule has 2 heterocycles.